The van der Waals surface area contributed by atoms with E-state index in [2.05, 4.69) is 96.4 Å². The lowest BCUT2D eigenvalue weighted by Gasteiger charge is -2.09. The average molecular weight is 336 g/mol. The molecule has 0 radical (unpaired) electrons. The number of hydrogen-bond donors (Lipinski definition) is 0. The van der Waals surface area contributed by atoms with Crippen molar-refractivity contribution < 1.29 is 0 Å². The summed E-state index contributed by atoms with van der Waals surface area (Å²) in [6.07, 6.45) is 0. The fraction of sp³-hybridized carbons (Fsp3) is 0. The van der Waals surface area contributed by atoms with Gasteiger partial charge in [-0.2, -0.15) is 0 Å². The van der Waals surface area contributed by atoms with Gasteiger partial charge in [-0.1, -0.05) is 78.9 Å². The highest BCUT2D eigenvalue weighted by atomic mass is 32.1. The van der Waals surface area contributed by atoms with E-state index in [1.165, 1.54) is 43.1 Å². The van der Waals surface area contributed by atoms with Crippen molar-refractivity contribution in [2.24, 2.45) is 0 Å². The van der Waals surface area contributed by atoms with Crippen LogP contribution in [-0.2, 0) is 0 Å². The lowest BCUT2D eigenvalue weighted by Crippen LogP contribution is -1.82. The van der Waals surface area contributed by atoms with Crippen molar-refractivity contribution in [3.8, 4) is 21.6 Å². The summed E-state index contributed by atoms with van der Waals surface area (Å²) < 4.78 is 0. The van der Waals surface area contributed by atoms with Gasteiger partial charge in [0.05, 0.1) is 0 Å². The van der Waals surface area contributed by atoms with Gasteiger partial charge in [-0.05, 0) is 50.2 Å². The number of hydrogen-bond acceptors (Lipinski definition) is 1. The molecule has 0 saturated heterocycles. The van der Waals surface area contributed by atoms with Crippen LogP contribution in [0.15, 0.2) is 96.4 Å². The van der Waals surface area contributed by atoms with Crippen LogP contribution < -0.4 is 0 Å². The Morgan fingerprint density at radius 3 is 2.04 bits per heavy atom. The van der Waals surface area contributed by atoms with Crippen LogP contribution in [0.5, 0.6) is 0 Å². The van der Waals surface area contributed by atoms with Crippen LogP contribution in [0.25, 0.3) is 43.1 Å². The van der Waals surface area contributed by atoms with Gasteiger partial charge in [0.15, 0.2) is 0 Å². The van der Waals surface area contributed by atoms with Crippen molar-refractivity contribution in [3.63, 3.8) is 0 Å². The van der Waals surface area contributed by atoms with E-state index in [1.54, 1.807) is 0 Å². The van der Waals surface area contributed by atoms with Gasteiger partial charge in [-0.3, -0.25) is 0 Å². The van der Waals surface area contributed by atoms with Gasteiger partial charge < -0.3 is 0 Å². The van der Waals surface area contributed by atoms with Gasteiger partial charge in [0.25, 0.3) is 0 Å². The molecular formula is C24H16S. The second-order valence-corrected chi connectivity index (χ2v) is 7.17. The molecule has 0 aliphatic carbocycles. The molecule has 1 heteroatoms. The molecule has 118 valence electrons. The normalized spacial score (nSPS) is 11.2. The third-order valence-corrected chi connectivity index (χ3v) is 5.70. The van der Waals surface area contributed by atoms with Gasteiger partial charge in [-0.15, -0.1) is 11.3 Å². The van der Waals surface area contributed by atoms with E-state index in [0.29, 0.717) is 0 Å². The highest BCUT2D eigenvalue weighted by Gasteiger charge is 2.10. The molecular weight excluding hydrogens is 320 g/mol. The molecule has 25 heavy (non-hydrogen) atoms. The van der Waals surface area contributed by atoms with E-state index in [0.717, 1.165) is 0 Å². The minimum atomic E-state index is 1.27. The fourth-order valence-electron chi connectivity index (χ4n) is 3.52. The van der Waals surface area contributed by atoms with Crippen LogP contribution in [-0.4, -0.2) is 0 Å². The molecule has 0 amide bonds. The van der Waals surface area contributed by atoms with E-state index in [-0.39, 0.29) is 0 Å². The number of rotatable bonds is 2. The zero-order chi connectivity index (χ0) is 16.6. The summed E-state index contributed by atoms with van der Waals surface area (Å²) in [5.74, 6) is 0. The van der Waals surface area contributed by atoms with Gasteiger partial charge in [0.2, 0.25) is 0 Å². The summed E-state index contributed by atoms with van der Waals surface area (Å²) in [7, 11) is 0. The third-order valence-electron chi connectivity index (χ3n) is 4.74. The molecule has 0 spiro atoms. The second-order valence-electron chi connectivity index (χ2n) is 6.26. The Bertz CT molecular complexity index is 1180. The Morgan fingerprint density at radius 2 is 1.20 bits per heavy atom. The molecule has 5 aromatic rings. The largest absolute Gasteiger partial charge is 0.143 e. The molecule has 0 bridgehead atoms. The van der Waals surface area contributed by atoms with Crippen molar-refractivity contribution in [2.75, 3.05) is 0 Å². The van der Waals surface area contributed by atoms with Gasteiger partial charge in [0.1, 0.15) is 0 Å². The molecule has 0 atom stereocenters. The molecule has 0 unspecified atom stereocenters. The molecule has 0 saturated carbocycles. The van der Waals surface area contributed by atoms with Crippen LogP contribution in [0.4, 0.5) is 0 Å². The van der Waals surface area contributed by atoms with E-state index in [4.69, 9.17) is 0 Å². The van der Waals surface area contributed by atoms with Crippen molar-refractivity contribution in [1.29, 1.82) is 0 Å². The Labute approximate surface area is 151 Å². The quantitative estimate of drug-likeness (QED) is 0.295. The smallest absolute Gasteiger partial charge is 0.0355 e. The first-order chi connectivity index (χ1) is 12.4. The van der Waals surface area contributed by atoms with Crippen LogP contribution >= 0.6 is 11.3 Å². The van der Waals surface area contributed by atoms with Crippen LogP contribution in [0, 0.1) is 0 Å². The van der Waals surface area contributed by atoms with Crippen LogP contribution in [0.3, 0.4) is 0 Å². The SMILES string of the molecule is c1ccc(-c2csc(-c3cc4ccccc4c4ccccc34)c2)cc1. The summed E-state index contributed by atoms with van der Waals surface area (Å²) in [6.45, 7) is 0. The number of fused-ring (bicyclic) bond motifs is 3. The van der Waals surface area contributed by atoms with E-state index >= 15 is 0 Å². The van der Waals surface area contributed by atoms with E-state index < -0.39 is 0 Å². The highest BCUT2D eigenvalue weighted by Crippen LogP contribution is 2.39. The first kappa shape index (κ1) is 14.4. The van der Waals surface area contributed by atoms with Crippen molar-refractivity contribution >= 4 is 32.9 Å². The van der Waals surface area contributed by atoms with Crippen LogP contribution in [0.2, 0.25) is 0 Å². The van der Waals surface area contributed by atoms with Crippen LogP contribution in [0.1, 0.15) is 0 Å². The maximum Gasteiger partial charge on any atom is 0.0355 e. The van der Waals surface area contributed by atoms with E-state index in [1.807, 2.05) is 11.3 Å². The Balaban J connectivity index is 1.76. The van der Waals surface area contributed by atoms with Gasteiger partial charge in [0, 0.05) is 10.4 Å². The minimum Gasteiger partial charge on any atom is -0.143 e. The summed E-state index contributed by atoms with van der Waals surface area (Å²) in [6, 6.07) is 32.6. The zero-order valence-corrected chi connectivity index (χ0v) is 14.5. The standard InChI is InChI=1S/C24H16S/c1-2-8-17(9-3-1)19-15-24(25-16-19)23-14-18-10-4-5-11-20(18)21-12-6-7-13-22(21)23/h1-16H. The maximum absolute atomic E-state index is 2.33. The topological polar surface area (TPSA) is 0 Å². The maximum atomic E-state index is 2.33. The first-order valence-corrected chi connectivity index (χ1v) is 9.33. The molecule has 0 fully saturated rings. The third kappa shape index (κ3) is 2.45. The molecule has 0 aliphatic rings. The second kappa shape index (κ2) is 5.87. The Morgan fingerprint density at radius 1 is 0.520 bits per heavy atom. The number of benzene rings is 4. The predicted octanol–water partition coefficient (Wildman–Crippen LogP) is 7.39. The number of thiophene rings is 1. The van der Waals surface area contributed by atoms with E-state index in [9.17, 15) is 0 Å². The lowest BCUT2D eigenvalue weighted by atomic mass is 9.96. The average Bonchev–Trinajstić information content (AvgIpc) is 3.18. The highest BCUT2D eigenvalue weighted by molar-refractivity contribution is 7.14. The minimum absolute atomic E-state index is 1.27. The molecule has 4 aromatic carbocycles. The summed E-state index contributed by atoms with van der Waals surface area (Å²) in [5.41, 5.74) is 3.88. The molecule has 1 heterocycles. The monoisotopic (exact) mass is 336 g/mol. The first-order valence-electron chi connectivity index (χ1n) is 8.45. The van der Waals surface area contributed by atoms with Crippen molar-refractivity contribution in [1.82, 2.24) is 0 Å². The Hall–Kier alpha value is -2.90. The zero-order valence-electron chi connectivity index (χ0n) is 13.6. The van der Waals surface area contributed by atoms with Gasteiger partial charge in [-0.25, -0.2) is 0 Å². The van der Waals surface area contributed by atoms with Gasteiger partial charge >= 0.3 is 0 Å². The Kier molecular flexibility index (Phi) is 3.39. The molecule has 5 rings (SSSR count). The molecule has 1 aromatic heterocycles. The molecule has 0 aliphatic heterocycles. The fourth-order valence-corrected chi connectivity index (χ4v) is 4.47. The van der Waals surface area contributed by atoms with Crippen molar-refractivity contribution in [2.45, 2.75) is 0 Å². The molecule has 0 nitrogen and oxygen atoms in total. The molecule has 0 N–H and O–H groups in total. The lowest BCUT2D eigenvalue weighted by molar-refractivity contribution is 1.67. The van der Waals surface area contributed by atoms with Crippen molar-refractivity contribution in [3.05, 3.63) is 96.4 Å². The summed E-state index contributed by atoms with van der Waals surface area (Å²) >= 11 is 1.82. The summed E-state index contributed by atoms with van der Waals surface area (Å²) in [4.78, 5) is 1.32. The predicted molar refractivity (Wildman–Crippen MR) is 110 cm³/mol. The summed E-state index contributed by atoms with van der Waals surface area (Å²) in [5, 5.41) is 7.52.